The Labute approximate surface area is 154 Å². The zero-order valence-electron chi connectivity index (χ0n) is 13.9. The summed E-state index contributed by atoms with van der Waals surface area (Å²) in [5.41, 5.74) is 3.36. The molecule has 1 aliphatic carbocycles. The highest BCUT2D eigenvalue weighted by Gasteiger charge is 2.31. The second kappa shape index (κ2) is 6.97. The van der Waals surface area contributed by atoms with Gasteiger partial charge in [-0.2, -0.15) is 0 Å². The van der Waals surface area contributed by atoms with Crippen LogP contribution in [0.3, 0.4) is 0 Å². The first kappa shape index (κ1) is 16.9. The Balaban J connectivity index is 1.45. The van der Waals surface area contributed by atoms with Crippen molar-refractivity contribution in [1.82, 2.24) is 10.3 Å². The van der Waals surface area contributed by atoms with Crippen LogP contribution in [-0.2, 0) is 17.6 Å². The number of hydrogen-bond donors (Lipinski definition) is 2. The average molecular weight is 368 g/mol. The average Bonchev–Trinajstić information content (AvgIpc) is 3.20. The number of hydrogen-bond acceptors (Lipinski definition) is 4. The second-order valence-corrected chi connectivity index (χ2v) is 7.20. The van der Waals surface area contributed by atoms with E-state index >= 15 is 0 Å². The number of nitrogens with zero attached hydrogens (tertiary/aromatic N) is 1. The van der Waals surface area contributed by atoms with Crippen LogP contribution >= 0.6 is 11.3 Å². The maximum atomic E-state index is 13.3. The van der Waals surface area contributed by atoms with Crippen LogP contribution in [0.1, 0.15) is 22.9 Å². The van der Waals surface area contributed by atoms with Crippen LogP contribution in [0.25, 0.3) is 10.6 Å². The van der Waals surface area contributed by atoms with E-state index in [9.17, 15) is 14.3 Å². The van der Waals surface area contributed by atoms with Gasteiger partial charge in [0.1, 0.15) is 10.8 Å². The molecule has 0 spiro atoms. The molecular weight excluding hydrogens is 351 g/mol. The van der Waals surface area contributed by atoms with Gasteiger partial charge >= 0.3 is 0 Å². The number of aromatic nitrogens is 1. The minimum atomic E-state index is -0.616. The van der Waals surface area contributed by atoms with E-state index in [4.69, 9.17) is 0 Å². The van der Waals surface area contributed by atoms with E-state index in [1.807, 2.05) is 24.3 Å². The number of thiazole rings is 1. The summed E-state index contributed by atoms with van der Waals surface area (Å²) in [6.45, 7) is 0. The number of carbonyl (C=O) groups excluding carboxylic acids is 1. The first-order valence-electron chi connectivity index (χ1n) is 8.36. The molecule has 0 aliphatic heterocycles. The molecule has 0 radical (unpaired) electrons. The molecular formula is C20H17FN2O2S. The van der Waals surface area contributed by atoms with Gasteiger partial charge < -0.3 is 10.4 Å². The maximum Gasteiger partial charge on any atom is 0.226 e. The molecule has 6 heteroatoms. The molecule has 26 heavy (non-hydrogen) atoms. The van der Waals surface area contributed by atoms with Crippen molar-refractivity contribution >= 4 is 17.2 Å². The van der Waals surface area contributed by atoms with Gasteiger partial charge in [0, 0.05) is 17.4 Å². The predicted molar refractivity (Wildman–Crippen MR) is 98.2 cm³/mol. The highest BCUT2D eigenvalue weighted by Crippen LogP contribution is 2.31. The summed E-state index contributed by atoms with van der Waals surface area (Å²) >= 11 is 1.38. The fourth-order valence-electron chi connectivity index (χ4n) is 3.28. The third-order valence-corrected chi connectivity index (χ3v) is 5.43. The fourth-order valence-corrected chi connectivity index (χ4v) is 4.10. The summed E-state index contributed by atoms with van der Waals surface area (Å²) in [4.78, 5) is 16.8. The predicted octanol–water partition coefficient (Wildman–Crippen LogP) is 3.27. The quantitative estimate of drug-likeness (QED) is 0.743. The second-order valence-electron chi connectivity index (χ2n) is 6.35. The van der Waals surface area contributed by atoms with Crippen molar-refractivity contribution in [1.29, 1.82) is 0 Å². The molecule has 1 aliphatic rings. The first-order chi connectivity index (χ1) is 12.6. The van der Waals surface area contributed by atoms with Crippen molar-refractivity contribution in [2.75, 3.05) is 0 Å². The van der Waals surface area contributed by atoms with Crippen molar-refractivity contribution in [3.8, 4) is 10.6 Å². The van der Waals surface area contributed by atoms with Crippen molar-refractivity contribution in [2.24, 2.45) is 0 Å². The monoisotopic (exact) mass is 368 g/mol. The summed E-state index contributed by atoms with van der Waals surface area (Å²) in [5, 5.41) is 15.6. The van der Waals surface area contributed by atoms with Gasteiger partial charge in [0.2, 0.25) is 5.91 Å². The summed E-state index contributed by atoms with van der Waals surface area (Å²) in [7, 11) is 0. The molecule has 132 valence electrons. The van der Waals surface area contributed by atoms with Crippen LogP contribution in [0.15, 0.2) is 53.9 Å². The standard InChI is InChI=1S/C20H17FN2O2S/c21-14-6-3-5-13(8-14)20-22-15(11-26-20)10-18(25)23-19-16-7-2-1-4-12(16)9-17(19)24/h1-8,11,17,19,24H,9-10H2,(H,23,25)/t17-,19+/m1/s1. The number of carbonyl (C=O) groups is 1. The largest absolute Gasteiger partial charge is 0.390 e. The highest BCUT2D eigenvalue weighted by molar-refractivity contribution is 7.13. The molecule has 2 N–H and O–H groups in total. The molecule has 2 aromatic carbocycles. The Hall–Kier alpha value is -2.57. The molecule has 4 nitrogen and oxygen atoms in total. The summed E-state index contributed by atoms with van der Waals surface area (Å²) < 4.78 is 13.3. The van der Waals surface area contributed by atoms with Crippen molar-refractivity contribution in [3.05, 3.63) is 76.5 Å². The van der Waals surface area contributed by atoms with Crippen LogP contribution in [0, 0.1) is 5.82 Å². The zero-order valence-corrected chi connectivity index (χ0v) is 14.7. The van der Waals surface area contributed by atoms with E-state index in [1.54, 1.807) is 17.5 Å². The molecule has 0 unspecified atom stereocenters. The molecule has 3 aromatic rings. The van der Waals surface area contributed by atoms with Crippen LogP contribution < -0.4 is 5.32 Å². The van der Waals surface area contributed by atoms with Gasteiger partial charge in [-0.3, -0.25) is 4.79 Å². The van der Waals surface area contributed by atoms with Gasteiger partial charge in [-0.05, 0) is 23.3 Å². The minimum Gasteiger partial charge on any atom is -0.390 e. The molecule has 1 amide bonds. The third-order valence-electron chi connectivity index (χ3n) is 4.49. The van der Waals surface area contributed by atoms with Crippen molar-refractivity contribution < 1.29 is 14.3 Å². The van der Waals surface area contributed by atoms with Crippen molar-refractivity contribution in [3.63, 3.8) is 0 Å². The number of aliphatic hydroxyl groups is 1. The normalized spacial score (nSPS) is 18.5. The molecule has 0 fully saturated rings. The highest BCUT2D eigenvalue weighted by atomic mass is 32.1. The van der Waals surface area contributed by atoms with E-state index in [2.05, 4.69) is 10.3 Å². The lowest BCUT2D eigenvalue weighted by molar-refractivity contribution is -0.122. The number of benzene rings is 2. The minimum absolute atomic E-state index is 0.122. The Kier molecular flexibility index (Phi) is 4.53. The van der Waals surface area contributed by atoms with Crippen LogP contribution in [0.4, 0.5) is 4.39 Å². The molecule has 2 atom stereocenters. The molecule has 4 rings (SSSR count). The van der Waals surface area contributed by atoms with Gasteiger partial charge in [0.25, 0.3) is 0 Å². The lowest BCUT2D eigenvalue weighted by Gasteiger charge is -2.17. The third kappa shape index (κ3) is 3.38. The van der Waals surface area contributed by atoms with Gasteiger partial charge in [-0.25, -0.2) is 9.37 Å². The molecule has 0 bridgehead atoms. The summed E-state index contributed by atoms with van der Waals surface area (Å²) in [5.74, 6) is -0.507. The van der Waals surface area contributed by atoms with Crippen LogP contribution in [0.2, 0.25) is 0 Å². The van der Waals surface area contributed by atoms with E-state index in [-0.39, 0.29) is 24.2 Å². The van der Waals surface area contributed by atoms with Crippen LogP contribution in [-0.4, -0.2) is 22.1 Å². The van der Waals surface area contributed by atoms with E-state index in [0.29, 0.717) is 22.7 Å². The van der Waals surface area contributed by atoms with Gasteiger partial charge in [-0.15, -0.1) is 11.3 Å². The lowest BCUT2D eigenvalue weighted by atomic mass is 10.1. The number of fused-ring (bicyclic) bond motifs is 1. The molecule has 1 heterocycles. The number of halogens is 1. The maximum absolute atomic E-state index is 13.3. The first-order valence-corrected chi connectivity index (χ1v) is 9.23. The number of nitrogens with one attached hydrogen (secondary N) is 1. The molecule has 0 saturated carbocycles. The number of rotatable bonds is 4. The number of aliphatic hydroxyl groups excluding tert-OH is 1. The van der Waals surface area contributed by atoms with Gasteiger partial charge in [0.05, 0.1) is 24.3 Å². The van der Waals surface area contributed by atoms with E-state index in [0.717, 1.165) is 11.1 Å². The Morgan fingerprint density at radius 1 is 1.27 bits per heavy atom. The van der Waals surface area contributed by atoms with Gasteiger partial charge in [0.15, 0.2) is 0 Å². The molecule has 1 aromatic heterocycles. The Morgan fingerprint density at radius 3 is 2.96 bits per heavy atom. The number of amides is 1. The SMILES string of the molecule is O=C(Cc1csc(-c2cccc(F)c2)n1)N[C@H]1c2ccccc2C[C@H]1O. The van der Waals surface area contributed by atoms with E-state index < -0.39 is 6.10 Å². The van der Waals surface area contributed by atoms with Crippen LogP contribution in [0.5, 0.6) is 0 Å². The topological polar surface area (TPSA) is 62.2 Å². The van der Waals surface area contributed by atoms with Crippen molar-refractivity contribution in [2.45, 2.75) is 25.0 Å². The fraction of sp³-hybridized carbons (Fsp3) is 0.200. The summed E-state index contributed by atoms with van der Waals surface area (Å²) in [6, 6.07) is 13.6. The Bertz CT molecular complexity index is 956. The lowest BCUT2D eigenvalue weighted by Crippen LogP contribution is -2.34. The van der Waals surface area contributed by atoms with Gasteiger partial charge in [-0.1, -0.05) is 36.4 Å². The smallest absolute Gasteiger partial charge is 0.226 e. The zero-order chi connectivity index (χ0) is 18.1. The summed E-state index contributed by atoms with van der Waals surface area (Å²) in [6.07, 6.45) is 0.0493. The Morgan fingerprint density at radius 2 is 2.12 bits per heavy atom. The molecule has 0 saturated heterocycles. The van der Waals surface area contributed by atoms with E-state index in [1.165, 1.54) is 23.5 Å².